The molecule has 1 atom stereocenters. The monoisotopic (exact) mass is 319 g/mol. The van der Waals surface area contributed by atoms with Crippen LogP contribution in [0.2, 0.25) is 0 Å². The van der Waals surface area contributed by atoms with Crippen LogP contribution in [0.3, 0.4) is 0 Å². The van der Waals surface area contributed by atoms with E-state index in [2.05, 4.69) is 19.2 Å². The topological polar surface area (TPSA) is 64.6 Å². The summed E-state index contributed by atoms with van der Waals surface area (Å²) in [6.07, 6.45) is 0.372. The average molecular weight is 319 g/mol. The number of amides is 1. The van der Waals surface area contributed by atoms with Gasteiger partial charge in [0.25, 0.3) is 0 Å². The molecule has 0 unspecified atom stereocenters. The zero-order valence-corrected chi connectivity index (χ0v) is 14.6. The highest BCUT2D eigenvalue weighted by atomic mass is 16.6. The summed E-state index contributed by atoms with van der Waals surface area (Å²) in [5.41, 5.74) is 1.85. The second-order valence-corrected chi connectivity index (χ2v) is 7.65. The van der Waals surface area contributed by atoms with Gasteiger partial charge < -0.3 is 14.8 Å². The summed E-state index contributed by atoms with van der Waals surface area (Å²) in [7, 11) is 1.36. The lowest BCUT2D eigenvalue weighted by Gasteiger charge is -2.30. The van der Waals surface area contributed by atoms with E-state index in [1.807, 2.05) is 26.8 Å². The van der Waals surface area contributed by atoms with Crippen molar-refractivity contribution in [1.29, 1.82) is 0 Å². The fourth-order valence-electron chi connectivity index (χ4n) is 2.98. The molecule has 1 aliphatic rings. The lowest BCUT2D eigenvalue weighted by Crippen LogP contribution is -2.39. The fourth-order valence-corrected chi connectivity index (χ4v) is 2.98. The molecule has 0 spiro atoms. The molecule has 0 radical (unpaired) electrons. The van der Waals surface area contributed by atoms with Gasteiger partial charge in [-0.25, -0.2) is 9.59 Å². The minimum Gasteiger partial charge on any atom is -0.465 e. The Hall–Kier alpha value is -2.04. The molecule has 1 aromatic carbocycles. The molecule has 0 saturated heterocycles. The molecule has 0 heterocycles. The summed E-state index contributed by atoms with van der Waals surface area (Å²) in [5.74, 6) is -0.381. The first-order valence-electron chi connectivity index (χ1n) is 7.74. The number of hydrogen-bond acceptors (Lipinski definition) is 4. The van der Waals surface area contributed by atoms with Crippen LogP contribution in [0.25, 0.3) is 0 Å². The smallest absolute Gasteiger partial charge is 0.408 e. The summed E-state index contributed by atoms with van der Waals surface area (Å²) in [6, 6.07) is 5.28. The van der Waals surface area contributed by atoms with E-state index < -0.39 is 11.7 Å². The Morgan fingerprint density at radius 1 is 1.26 bits per heavy atom. The van der Waals surface area contributed by atoms with Crippen LogP contribution in [-0.2, 0) is 15.9 Å². The molecule has 1 aromatic rings. The summed E-state index contributed by atoms with van der Waals surface area (Å²) in [6.45, 7) is 9.67. The molecule has 1 N–H and O–H groups in total. The number of nitrogens with one attached hydrogen (secondary N) is 1. The Balaban J connectivity index is 2.30. The second kappa shape index (κ2) is 5.87. The van der Waals surface area contributed by atoms with E-state index in [1.54, 1.807) is 12.1 Å². The lowest BCUT2D eigenvalue weighted by molar-refractivity contribution is 0.0465. The van der Waals surface area contributed by atoms with E-state index in [9.17, 15) is 9.59 Å². The summed E-state index contributed by atoms with van der Waals surface area (Å²) in [4.78, 5) is 23.9. The molecule has 2 rings (SSSR count). The first-order valence-corrected chi connectivity index (χ1v) is 7.74. The molecule has 5 nitrogen and oxygen atoms in total. The highest BCUT2D eigenvalue weighted by Crippen LogP contribution is 2.45. The van der Waals surface area contributed by atoms with E-state index in [0.29, 0.717) is 5.56 Å². The number of benzene rings is 1. The zero-order chi connectivity index (χ0) is 17.4. The van der Waals surface area contributed by atoms with Gasteiger partial charge >= 0.3 is 12.1 Å². The van der Waals surface area contributed by atoms with Gasteiger partial charge in [0.1, 0.15) is 5.60 Å². The van der Waals surface area contributed by atoms with Crippen molar-refractivity contribution >= 4 is 12.1 Å². The van der Waals surface area contributed by atoms with Crippen molar-refractivity contribution in [2.75, 3.05) is 7.11 Å². The van der Waals surface area contributed by atoms with E-state index in [1.165, 1.54) is 7.11 Å². The van der Waals surface area contributed by atoms with Crippen molar-refractivity contribution < 1.29 is 19.1 Å². The molecular weight excluding hydrogens is 294 g/mol. The molecule has 0 aliphatic heterocycles. The van der Waals surface area contributed by atoms with Crippen molar-refractivity contribution in [2.24, 2.45) is 5.41 Å². The lowest BCUT2D eigenvalue weighted by atomic mass is 9.85. The highest BCUT2D eigenvalue weighted by molar-refractivity contribution is 5.89. The number of methoxy groups -OCH3 is 1. The van der Waals surface area contributed by atoms with E-state index in [0.717, 1.165) is 17.5 Å². The SMILES string of the molecule is COC(=O)c1ccc2c(c1)[C@H](NC(=O)OC(C)(C)C)C(C)(C)C2. The van der Waals surface area contributed by atoms with Gasteiger partial charge in [-0.05, 0) is 55.9 Å². The van der Waals surface area contributed by atoms with E-state index in [4.69, 9.17) is 9.47 Å². The zero-order valence-electron chi connectivity index (χ0n) is 14.6. The third-order valence-corrected chi connectivity index (χ3v) is 3.97. The first-order chi connectivity index (χ1) is 10.5. The minimum absolute atomic E-state index is 0.159. The standard InChI is InChI=1S/C18H25NO4/c1-17(2,3)23-16(21)19-14-13-9-11(15(20)22-6)7-8-12(13)10-18(14,4)5/h7-9,14H,10H2,1-6H3,(H,19,21)/t14-/m0/s1. The Morgan fingerprint density at radius 2 is 1.91 bits per heavy atom. The van der Waals surface area contributed by atoms with Crippen LogP contribution in [0.15, 0.2) is 18.2 Å². The summed E-state index contributed by atoms with van der Waals surface area (Å²) >= 11 is 0. The van der Waals surface area contributed by atoms with Crippen molar-refractivity contribution in [3.8, 4) is 0 Å². The van der Waals surface area contributed by atoms with Crippen molar-refractivity contribution in [3.05, 3.63) is 34.9 Å². The molecule has 0 aromatic heterocycles. The van der Waals surface area contributed by atoms with Gasteiger partial charge in [0.05, 0.1) is 18.7 Å². The number of ether oxygens (including phenoxy) is 2. The number of hydrogen-bond donors (Lipinski definition) is 1. The molecule has 126 valence electrons. The van der Waals surface area contributed by atoms with Gasteiger partial charge in [0.15, 0.2) is 0 Å². The Morgan fingerprint density at radius 3 is 2.48 bits per heavy atom. The highest BCUT2D eigenvalue weighted by Gasteiger charge is 2.40. The largest absolute Gasteiger partial charge is 0.465 e. The molecule has 5 heteroatoms. The number of carbonyl (C=O) groups excluding carboxylic acids is 2. The van der Waals surface area contributed by atoms with E-state index >= 15 is 0 Å². The van der Waals surface area contributed by atoms with Gasteiger partial charge in [-0.3, -0.25) is 0 Å². The Labute approximate surface area is 137 Å². The predicted molar refractivity (Wildman–Crippen MR) is 87.4 cm³/mol. The third kappa shape index (κ3) is 3.84. The van der Waals surface area contributed by atoms with Gasteiger partial charge in [-0.1, -0.05) is 19.9 Å². The van der Waals surface area contributed by atoms with Crippen molar-refractivity contribution in [2.45, 2.75) is 52.7 Å². The summed E-state index contributed by atoms with van der Waals surface area (Å²) < 4.78 is 10.1. The quantitative estimate of drug-likeness (QED) is 0.846. The number of carbonyl (C=O) groups is 2. The molecule has 23 heavy (non-hydrogen) atoms. The number of fused-ring (bicyclic) bond motifs is 1. The van der Waals surface area contributed by atoms with E-state index in [-0.39, 0.29) is 17.4 Å². The Kier molecular flexibility index (Phi) is 4.42. The predicted octanol–water partition coefficient (Wildman–Crippen LogP) is 3.62. The normalized spacial score (nSPS) is 19.0. The van der Waals surface area contributed by atoms with Gasteiger partial charge in [0.2, 0.25) is 0 Å². The van der Waals surface area contributed by atoms with Gasteiger partial charge in [-0.15, -0.1) is 0 Å². The molecule has 0 fully saturated rings. The number of alkyl carbamates (subject to hydrolysis) is 1. The van der Waals surface area contributed by atoms with Crippen LogP contribution in [-0.4, -0.2) is 24.8 Å². The Bertz CT molecular complexity index is 628. The summed E-state index contributed by atoms with van der Waals surface area (Å²) in [5, 5.41) is 2.95. The average Bonchev–Trinajstić information content (AvgIpc) is 2.66. The molecule has 0 saturated carbocycles. The van der Waals surface area contributed by atoms with Crippen LogP contribution in [0.4, 0.5) is 4.79 Å². The second-order valence-electron chi connectivity index (χ2n) is 7.65. The van der Waals surface area contributed by atoms with Crippen LogP contribution in [0.1, 0.15) is 62.1 Å². The van der Waals surface area contributed by atoms with Gasteiger partial charge in [-0.2, -0.15) is 0 Å². The number of rotatable bonds is 2. The maximum Gasteiger partial charge on any atom is 0.408 e. The molecular formula is C18H25NO4. The van der Waals surface area contributed by atoms with Gasteiger partial charge in [0, 0.05) is 0 Å². The molecule has 1 amide bonds. The van der Waals surface area contributed by atoms with Crippen LogP contribution in [0.5, 0.6) is 0 Å². The first kappa shape index (κ1) is 17.3. The maximum absolute atomic E-state index is 12.2. The maximum atomic E-state index is 12.2. The van der Waals surface area contributed by atoms with Crippen molar-refractivity contribution in [1.82, 2.24) is 5.32 Å². The van der Waals surface area contributed by atoms with Crippen LogP contribution >= 0.6 is 0 Å². The molecule has 0 bridgehead atoms. The minimum atomic E-state index is -0.552. The van der Waals surface area contributed by atoms with Crippen molar-refractivity contribution in [3.63, 3.8) is 0 Å². The third-order valence-electron chi connectivity index (χ3n) is 3.97. The van der Waals surface area contributed by atoms with Crippen LogP contribution in [0, 0.1) is 5.41 Å². The number of esters is 1. The molecule has 1 aliphatic carbocycles. The fraction of sp³-hybridized carbons (Fsp3) is 0.556. The van der Waals surface area contributed by atoms with Crippen LogP contribution < -0.4 is 5.32 Å².